The normalized spacial score (nSPS) is 16.2. The highest BCUT2D eigenvalue weighted by atomic mass is 16.6. The summed E-state index contributed by atoms with van der Waals surface area (Å²) < 4.78 is 9.76. The molecule has 0 bridgehead atoms. The van der Waals surface area contributed by atoms with Gasteiger partial charge in [-0.15, -0.1) is 0 Å². The predicted octanol–water partition coefficient (Wildman–Crippen LogP) is 1.01. The minimum absolute atomic E-state index is 0.216. The highest BCUT2D eigenvalue weighted by Crippen LogP contribution is 2.18. The Balaban J connectivity index is 2.56. The van der Waals surface area contributed by atoms with Gasteiger partial charge in [0.05, 0.1) is 13.2 Å². The minimum atomic E-state index is -0.974. The van der Waals surface area contributed by atoms with E-state index in [-0.39, 0.29) is 19.3 Å². The molecule has 0 amide bonds. The summed E-state index contributed by atoms with van der Waals surface area (Å²) in [5, 5.41) is 3.04. The average Bonchev–Trinajstić information content (AvgIpc) is 2.79. The van der Waals surface area contributed by atoms with E-state index in [4.69, 9.17) is 9.47 Å². The third-order valence-electron chi connectivity index (χ3n) is 2.80. The van der Waals surface area contributed by atoms with E-state index in [1.807, 2.05) is 0 Å². The van der Waals surface area contributed by atoms with Gasteiger partial charge in [-0.05, 0) is 26.7 Å². The lowest BCUT2D eigenvalue weighted by Crippen LogP contribution is -2.49. The molecule has 1 aliphatic carbocycles. The summed E-state index contributed by atoms with van der Waals surface area (Å²) in [6.07, 6.45) is 4.26. The molecule has 0 aromatic carbocycles. The SMILES string of the molecule is CCOC(=O)C(NC1CCCC1)C(=O)OCC. The highest BCUT2D eigenvalue weighted by Gasteiger charge is 2.32. The average molecular weight is 243 g/mol. The number of carbonyl (C=O) groups is 2. The Labute approximate surface area is 102 Å². The van der Waals surface area contributed by atoms with Crippen LogP contribution in [0, 0.1) is 0 Å². The van der Waals surface area contributed by atoms with Gasteiger partial charge in [0.25, 0.3) is 0 Å². The van der Waals surface area contributed by atoms with Gasteiger partial charge in [-0.25, -0.2) is 9.59 Å². The molecule has 0 saturated heterocycles. The third-order valence-corrected chi connectivity index (χ3v) is 2.80. The lowest BCUT2D eigenvalue weighted by atomic mass is 10.2. The van der Waals surface area contributed by atoms with E-state index >= 15 is 0 Å². The third kappa shape index (κ3) is 4.34. The fraction of sp³-hybridized carbons (Fsp3) is 0.833. The van der Waals surface area contributed by atoms with Crippen molar-refractivity contribution in [2.24, 2.45) is 0 Å². The molecule has 1 fully saturated rings. The summed E-state index contributed by atoms with van der Waals surface area (Å²) in [5.41, 5.74) is 0. The Kier molecular flexibility index (Phi) is 5.97. The molecule has 0 aliphatic heterocycles. The maximum atomic E-state index is 11.7. The fourth-order valence-electron chi connectivity index (χ4n) is 2.01. The molecule has 1 rings (SSSR count). The Morgan fingerprint density at radius 2 is 1.59 bits per heavy atom. The molecule has 1 aliphatic rings. The summed E-state index contributed by atoms with van der Waals surface area (Å²) in [7, 11) is 0. The number of hydrogen-bond donors (Lipinski definition) is 1. The van der Waals surface area contributed by atoms with Gasteiger partial charge in [0.2, 0.25) is 6.04 Å². The van der Waals surface area contributed by atoms with E-state index in [1.54, 1.807) is 13.8 Å². The van der Waals surface area contributed by atoms with Crippen molar-refractivity contribution in [1.82, 2.24) is 5.32 Å². The van der Waals surface area contributed by atoms with E-state index in [0.717, 1.165) is 25.7 Å². The van der Waals surface area contributed by atoms with Crippen molar-refractivity contribution in [3.63, 3.8) is 0 Å². The standard InChI is InChI=1S/C12H21NO4/c1-3-16-11(14)10(12(15)17-4-2)13-9-7-5-6-8-9/h9-10,13H,3-8H2,1-2H3. The number of esters is 2. The molecule has 1 saturated carbocycles. The minimum Gasteiger partial charge on any atom is -0.464 e. The van der Waals surface area contributed by atoms with Gasteiger partial charge in [-0.2, -0.15) is 0 Å². The van der Waals surface area contributed by atoms with E-state index in [9.17, 15) is 9.59 Å². The van der Waals surface area contributed by atoms with E-state index in [1.165, 1.54) is 0 Å². The Morgan fingerprint density at radius 1 is 1.12 bits per heavy atom. The van der Waals surface area contributed by atoms with Crippen LogP contribution in [0.15, 0.2) is 0 Å². The lowest BCUT2D eigenvalue weighted by Gasteiger charge is -2.19. The van der Waals surface area contributed by atoms with Crippen molar-refractivity contribution in [1.29, 1.82) is 0 Å². The first kappa shape index (κ1) is 14.0. The van der Waals surface area contributed by atoms with E-state index in [2.05, 4.69) is 5.32 Å². The zero-order valence-electron chi connectivity index (χ0n) is 10.5. The van der Waals surface area contributed by atoms with Gasteiger partial charge in [-0.1, -0.05) is 12.8 Å². The van der Waals surface area contributed by atoms with Crippen molar-refractivity contribution in [3.05, 3.63) is 0 Å². The molecule has 1 N–H and O–H groups in total. The zero-order chi connectivity index (χ0) is 12.7. The molecule has 0 radical (unpaired) electrons. The van der Waals surface area contributed by atoms with Gasteiger partial charge < -0.3 is 9.47 Å². The summed E-state index contributed by atoms with van der Waals surface area (Å²) in [6, 6.07) is -0.758. The predicted molar refractivity (Wildman–Crippen MR) is 62.4 cm³/mol. The van der Waals surface area contributed by atoms with Crippen LogP contribution in [0.5, 0.6) is 0 Å². The highest BCUT2D eigenvalue weighted by molar-refractivity contribution is 5.99. The van der Waals surface area contributed by atoms with Crippen LogP contribution in [-0.2, 0) is 19.1 Å². The molecule has 5 nitrogen and oxygen atoms in total. The number of carbonyl (C=O) groups excluding carboxylic acids is 2. The number of hydrogen-bond acceptors (Lipinski definition) is 5. The smallest absolute Gasteiger partial charge is 0.334 e. The molecule has 0 aromatic rings. The van der Waals surface area contributed by atoms with Crippen LogP contribution >= 0.6 is 0 Å². The first-order chi connectivity index (χ1) is 8.19. The van der Waals surface area contributed by atoms with Gasteiger partial charge in [0.1, 0.15) is 0 Å². The summed E-state index contributed by atoms with van der Waals surface area (Å²) in [6.45, 7) is 3.97. The van der Waals surface area contributed by atoms with Crippen LogP contribution in [-0.4, -0.2) is 37.2 Å². The van der Waals surface area contributed by atoms with Gasteiger partial charge >= 0.3 is 11.9 Å². The van der Waals surface area contributed by atoms with Gasteiger partial charge in [0, 0.05) is 6.04 Å². The van der Waals surface area contributed by atoms with Crippen LogP contribution in [0.1, 0.15) is 39.5 Å². The van der Waals surface area contributed by atoms with Crippen molar-refractivity contribution in [3.8, 4) is 0 Å². The topological polar surface area (TPSA) is 64.6 Å². The fourth-order valence-corrected chi connectivity index (χ4v) is 2.01. The Morgan fingerprint density at radius 3 is 2.00 bits per heavy atom. The van der Waals surface area contributed by atoms with Crippen molar-refractivity contribution in [2.45, 2.75) is 51.6 Å². The van der Waals surface area contributed by atoms with Crippen LogP contribution in [0.25, 0.3) is 0 Å². The molecule has 0 heterocycles. The second-order valence-corrected chi connectivity index (χ2v) is 4.09. The zero-order valence-corrected chi connectivity index (χ0v) is 10.5. The molecule has 17 heavy (non-hydrogen) atoms. The number of nitrogens with one attached hydrogen (secondary N) is 1. The largest absolute Gasteiger partial charge is 0.464 e. The molecule has 0 spiro atoms. The molecular formula is C12H21NO4. The lowest BCUT2D eigenvalue weighted by molar-refractivity contribution is -0.158. The van der Waals surface area contributed by atoms with Crippen LogP contribution in [0.2, 0.25) is 0 Å². The molecule has 0 atom stereocenters. The van der Waals surface area contributed by atoms with Crippen molar-refractivity contribution in [2.75, 3.05) is 13.2 Å². The monoisotopic (exact) mass is 243 g/mol. The number of ether oxygens (including phenoxy) is 2. The quantitative estimate of drug-likeness (QED) is 0.557. The number of rotatable bonds is 6. The second kappa shape index (κ2) is 7.27. The summed E-state index contributed by atoms with van der Waals surface area (Å²) in [4.78, 5) is 23.3. The van der Waals surface area contributed by atoms with Crippen LogP contribution in [0.3, 0.4) is 0 Å². The van der Waals surface area contributed by atoms with E-state index in [0.29, 0.717) is 0 Å². The first-order valence-electron chi connectivity index (χ1n) is 6.28. The maximum absolute atomic E-state index is 11.7. The Hall–Kier alpha value is -1.10. The maximum Gasteiger partial charge on any atom is 0.334 e. The van der Waals surface area contributed by atoms with Crippen molar-refractivity contribution >= 4 is 11.9 Å². The van der Waals surface area contributed by atoms with E-state index < -0.39 is 18.0 Å². The molecule has 98 valence electrons. The summed E-state index contributed by atoms with van der Waals surface area (Å²) in [5.74, 6) is -1.09. The molecule has 0 unspecified atom stereocenters. The first-order valence-corrected chi connectivity index (χ1v) is 6.28. The van der Waals surface area contributed by atoms with Crippen LogP contribution in [0.4, 0.5) is 0 Å². The van der Waals surface area contributed by atoms with Gasteiger partial charge in [-0.3, -0.25) is 5.32 Å². The second-order valence-electron chi connectivity index (χ2n) is 4.09. The van der Waals surface area contributed by atoms with Gasteiger partial charge in [0.15, 0.2) is 0 Å². The summed E-state index contributed by atoms with van der Waals surface area (Å²) >= 11 is 0. The molecular weight excluding hydrogens is 222 g/mol. The Bertz CT molecular complexity index is 243. The molecule has 5 heteroatoms. The van der Waals surface area contributed by atoms with Crippen LogP contribution < -0.4 is 5.32 Å². The molecule has 0 aromatic heterocycles. The van der Waals surface area contributed by atoms with Crippen molar-refractivity contribution < 1.29 is 19.1 Å².